The number of fused-ring (bicyclic) bond motifs is 8. The van der Waals surface area contributed by atoms with Gasteiger partial charge in [-0.1, -0.05) is 54.1 Å². The first-order valence-electron chi connectivity index (χ1n) is 10.8. The molecule has 3 aromatic heterocycles. The maximum atomic E-state index is 6.75. The molecule has 0 amide bonds. The Balaban J connectivity index is 1.80. The molecule has 0 aliphatic carbocycles. The average Bonchev–Trinajstić information content (AvgIpc) is 2.86. The molecule has 5 aromatic carbocycles. The topological polar surface area (TPSA) is 39.2 Å². The van der Waals surface area contributed by atoms with Gasteiger partial charge in [0.05, 0.1) is 5.02 Å². The minimum atomic E-state index is 0.662. The second-order valence-corrected chi connectivity index (χ2v) is 8.85. The molecule has 33 heavy (non-hydrogen) atoms. The Morgan fingerprint density at radius 3 is 2.00 bits per heavy atom. The number of benzene rings is 5. The van der Waals surface area contributed by atoms with Crippen LogP contribution >= 0.6 is 11.6 Å². The van der Waals surface area contributed by atoms with Crippen molar-refractivity contribution in [3.8, 4) is 0 Å². The first kappa shape index (κ1) is 17.5. The molecule has 0 spiro atoms. The molecule has 0 saturated heterocycles. The van der Waals surface area contributed by atoms with Gasteiger partial charge in [0.15, 0.2) is 5.58 Å². The summed E-state index contributed by atoms with van der Waals surface area (Å²) in [5, 5.41) is 10.3. The number of hydrogen-bond donors (Lipinski definition) is 0. The van der Waals surface area contributed by atoms with Gasteiger partial charge in [0.25, 0.3) is 0 Å². The molecule has 0 aliphatic rings. The lowest BCUT2D eigenvalue weighted by molar-refractivity contribution is 0.661. The van der Waals surface area contributed by atoms with Crippen LogP contribution in [-0.2, 0) is 0 Å². The van der Waals surface area contributed by atoms with Crippen LogP contribution in [0.3, 0.4) is 0 Å². The molecule has 8 rings (SSSR count). The highest BCUT2D eigenvalue weighted by molar-refractivity contribution is 6.42. The molecule has 3 heterocycles. The second-order valence-electron chi connectivity index (χ2n) is 8.44. The summed E-state index contributed by atoms with van der Waals surface area (Å²) < 4.78 is 12.9. The van der Waals surface area contributed by atoms with E-state index in [9.17, 15) is 0 Å². The lowest BCUT2D eigenvalue weighted by Gasteiger charge is -2.17. The van der Waals surface area contributed by atoms with Crippen LogP contribution in [0.1, 0.15) is 0 Å². The van der Waals surface area contributed by atoms with E-state index >= 15 is 0 Å². The van der Waals surface area contributed by atoms with Gasteiger partial charge >= 0.3 is 0 Å². The Morgan fingerprint density at radius 2 is 1.18 bits per heavy atom. The van der Waals surface area contributed by atoms with E-state index in [1.54, 1.807) is 6.20 Å². The van der Waals surface area contributed by atoms with E-state index < -0.39 is 0 Å². The third-order valence-corrected chi connectivity index (χ3v) is 7.06. The third-order valence-electron chi connectivity index (χ3n) is 6.74. The molecule has 8 aromatic rings. The Labute approximate surface area is 191 Å². The van der Waals surface area contributed by atoms with Gasteiger partial charge in [-0.25, -0.2) is 0 Å². The van der Waals surface area contributed by atoms with Crippen LogP contribution in [0.5, 0.6) is 0 Å². The van der Waals surface area contributed by atoms with Gasteiger partial charge < -0.3 is 8.83 Å². The van der Waals surface area contributed by atoms with Crippen LogP contribution in [0, 0.1) is 0 Å². The van der Waals surface area contributed by atoms with Crippen LogP contribution in [0.4, 0.5) is 0 Å². The minimum Gasteiger partial charge on any atom is -0.456 e. The number of nitrogens with zero attached hydrogens (tertiary/aromatic N) is 1. The molecule has 0 fully saturated rings. The van der Waals surface area contributed by atoms with E-state index in [0.29, 0.717) is 5.02 Å². The van der Waals surface area contributed by atoms with Crippen LogP contribution < -0.4 is 0 Å². The van der Waals surface area contributed by atoms with Gasteiger partial charge in [0, 0.05) is 43.9 Å². The highest BCUT2D eigenvalue weighted by Crippen LogP contribution is 2.47. The third kappa shape index (κ3) is 2.13. The van der Waals surface area contributed by atoms with Gasteiger partial charge in [0.2, 0.25) is 0 Å². The first-order chi connectivity index (χ1) is 16.3. The SMILES string of the molecule is Clc1cc2c(oc3cccc4c3c2c2cccc3oc5ccccc5c4c32)c2ncccc12. The monoisotopic (exact) mass is 443 g/mol. The number of rotatable bonds is 0. The highest BCUT2D eigenvalue weighted by Gasteiger charge is 2.21. The van der Waals surface area contributed by atoms with Crippen LogP contribution in [-0.4, -0.2) is 4.98 Å². The molecular weight excluding hydrogens is 430 g/mol. The fourth-order valence-corrected chi connectivity index (χ4v) is 5.71. The van der Waals surface area contributed by atoms with Crippen molar-refractivity contribution in [3.63, 3.8) is 0 Å². The Hall–Kier alpha value is -4.08. The quantitative estimate of drug-likeness (QED) is 0.173. The van der Waals surface area contributed by atoms with E-state index in [1.807, 2.05) is 42.5 Å². The van der Waals surface area contributed by atoms with E-state index in [-0.39, 0.29) is 0 Å². The van der Waals surface area contributed by atoms with Crippen LogP contribution in [0.25, 0.3) is 76.3 Å². The summed E-state index contributed by atoms with van der Waals surface area (Å²) in [5.74, 6) is 0. The van der Waals surface area contributed by atoms with Crippen molar-refractivity contribution in [2.75, 3.05) is 0 Å². The molecule has 3 nitrogen and oxygen atoms in total. The smallest absolute Gasteiger partial charge is 0.161 e. The zero-order valence-electron chi connectivity index (χ0n) is 17.2. The van der Waals surface area contributed by atoms with Crippen molar-refractivity contribution in [2.24, 2.45) is 0 Å². The van der Waals surface area contributed by atoms with Crippen molar-refractivity contribution in [1.29, 1.82) is 0 Å². The molecule has 0 N–H and O–H groups in total. The van der Waals surface area contributed by atoms with E-state index in [4.69, 9.17) is 20.4 Å². The summed E-state index contributed by atoms with van der Waals surface area (Å²) in [6.07, 6.45) is 1.78. The lowest BCUT2D eigenvalue weighted by atomic mass is 9.90. The molecule has 0 atom stereocenters. The average molecular weight is 444 g/mol. The largest absolute Gasteiger partial charge is 0.456 e. The maximum Gasteiger partial charge on any atom is 0.161 e. The number of pyridine rings is 1. The van der Waals surface area contributed by atoms with Crippen LogP contribution in [0.2, 0.25) is 5.02 Å². The molecule has 0 bridgehead atoms. The van der Waals surface area contributed by atoms with E-state index in [0.717, 1.165) is 70.9 Å². The van der Waals surface area contributed by atoms with Gasteiger partial charge in [-0.3, -0.25) is 4.98 Å². The summed E-state index contributed by atoms with van der Waals surface area (Å²) >= 11 is 6.75. The summed E-state index contributed by atoms with van der Waals surface area (Å²) in [6.45, 7) is 0. The minimum absolute atomic E-state index is 0.662. The normalized spacial score (nSPS) is 12.4. The summed E-state index contributed by atoms with van der Waals surface area (Å²) in [6, 6.07) is 26.6. The molecule has 0 radical (unpaired) electrons. The lowest BCUT2D eigenvalue weighted by Crippen LogP contribution is -1.91. The first-order valence-corrected chi connectivity index (χ1v) is 11.2. The van der Waals surface area contributed by atoms with Crippen molar-refractivity contribution in [3.05, 3.63) is 90.1 Å². The molecule has 4 heteroatoms. The van der Waals surface area contributed by atoms with E-state index in [1.165, 1.54) is 5.39 Å². The summed E-state index contributed by atoms with van der Waals surface area (Å²) in [7, 11) is 0. The van der Waals surface area contributed by atoms with Crippen molar-refractivity contribution < 1.29 is 8.83 Å². The number of para-hydroxylation sites is 1. The van der Waals surface area contributed by atoms with Gasteiger partial charge in [-0.15, -0.1) is 0 Å². The highest BCUT2D eigenvalue weighted by atomic mass is 35.5. The number of halogens is 1. The van der Waals surface area contributed by atoms with Gasteiger partial charge in [0.1, 0.15) is 22.3 Å². The predicted molar refractivity (Wildman–Crippen MR) is 136 cm³/mol. The van der Waals surface area contributed by atoms with Gasteiger partial charge in [-0.2, -0.15) is 0 Å². The van der Waals surface area contributed by atoms with E-state index in [2.05, 4.69) is 41.4 Å². The van der Waals surface area contributed by atoms with Crippen molar-refractivity contribution in [2.45, 2.75) is 0 Å². The van der Waals surface area contributed by atoms with Crippen molar-refractivity contribution >= 4 is 87.9 Å². The Bertz CT molecular complexity index is 2100. The van der Waals surface area contributed by atoms with Gasteiger partial charge in [-0.05, 0) is 47.2 Å². The summed E-state index contributed by atoms with van der Waals surface area (Å²) in [4.78, 5) is 4.63. The Kier molecular flexibility index (Phi) is 3.19. The molecule has 0 saturated carbocycles. The fraction of sp³-hybridized carbons (Fsp3) is 0. The molecular formula is C29H14ClNO2. The zero-order chi connectivity index (χ0) is 21.7. The molecule has 0 aliphatic heterocycles. The Morgan fingerprint density at radius 1 is 0.545 bits per heavy atom. The standard InChI is InChI=1S/C29H14ClNO2/c30-20-14-19-25-18-8-3-11-22-26(18)24(16-6-1-2-10-21(16)32-22)17-7-4-12-23(27(17)25)33-29(19)28-15(20)9-5-13-31-28/h1-14H. The predicted octanol–water partition coefficient (Wildman–Crippen LogP) is 8.99. The molecule has 0 unspecified atom stereocenters. The number of aromatic nitrogens is 1. The second kappa shape index (κ2) is 6.03. The zero-order valence-corrected chi connectivity index (χ0v) is 18.0. The maximum absolute atomic E-state index is 6.75. The van der Waals surface area contributed by atoms with Crippen molar-refractivity contribution in [1.82, 2.24) is 4.98 Å². The fourth-order valence-electron chi connectivity index (χ4n) is 5.45. The number of hydrogen-bond acceptors (Lipinski definition) is 3. The van der Waals surface area contributed by atoms with Crippen LogP contribution in [0.15, 0.2) is 93.9 Å². The molecule has 154 valence electrons. The summed E-state index contributed by atoms with van der Waals surface area (Å²) in [5.41, 5.74) is 4.07.